The van der Waals surface area contributed by atoms with Gasteiger partial charge in [-0.05, 0) is 69.1 Å². The van der Waals surface area contributed by atoms with Gasteiger partial charge in [-0.1, -0.05) is 45.2 Å². The van der Waals surface area contributed by atoms with Crippen LogP contribution in [0.3, 0.4) is 0 Å². The number of rotatable bonds is 11. The first-order chi connectivity index (χ1) is 18.4. The van der Waals surface area contributed by atoms with Crippen LogP contribution in [-0.2, 0) is 26.6 Å². The van der Waals surface area contributed by atoms with Gasteiger partial charge in [0, 0.05) is 49.4 Å². The van der Waals surface area contributed by atoms with Crippen LogP contribution in [0.1, 0.15) is 99.8 Å². The first kappa shape index (κ1) is 31.2. The highest BCUT2D eigenvalue weighted by Gasteiger charge is 2.37. The summed E-state index contributed by atoms with van der Waals surface area (Å²) in [5.41, 5.74) is 1.08. The third kappa shape index (κ3) is 6.36. The molecular weight excluding hydrogens is 522 g/mol. The molecule has 0 unspecified atom stereocenters. The van der Waals surface area contributed by atoms with Crippen LogP contribution in [0.5, 0.6) is 0 Å². The molecule has 9 heteroatoms. The van der Waals surface area contributed by atoms with E-state index in [1.54, 1.807) is 6.07 Å². The number of carbonyl (C=O) groups is 1. The molecule has 6 nitrogen and oxygen atoms in total. The van der Waals surface area contributed by atoms with Crippen molar-refractivity contribution in [1.82, 2.24) is 14.7 Å². The van der Waals surface area contributed by atoms with Gasteiger partial charge in [-0.3, -0.25) is 19.0 Å². The van der Waals surface area contributed by atoms with E-state index in [-0.39, 0.29) is 17.8 Å². The molecule has 0 spiro atoms. The van der Waals surface area contributed by atoms with Crippen LogP contribution >= 0.6 is 11.6 Å². The standard InChI is InChI=1S/C30H45ClF2N4O2/c1-8-20(9-2)21-12-14-23(15-13-21)37(11-4)26-17-22(31)16-24(19(26)5)28(38)34-18-25-27(30(32,33)10-3)35(6)36(7)29(25)39/h16-17,20-21,23H,8-15,18H2,1-7H3,(H,34,38). The third-order valence-corrected chi connectivity index (χ3v) is 9.18. The molecule has 1 amide bonds. The summed E-state index contributed by atoms with van der Waals surface area (Å²) >= 11 is 6.52. The van der Waals surface area contributed by atoms with Crippen molar-refractivity contribution in [3.63, 3.8) is 0 Å². The second-order valence-corrected chi connectivity index (χ2v) is 11.4. The number of anilines is 1. The zero-order valence-corrected chi connectivity index (χ0v) is 25.3. The Bertz CT molecular complexity index is 1210. The lowest BCUT2D eigenvalue weighted by atomic mass is 9.75. The number of alkyl halides is 2. The molecule has 1 aliphatic carbocycles. The highest BCUT2D eigenvalue weighted by atomic mass is 35.5. The smallest absolute Gasteiger partial charge is 0.289 e. The Morgan fingerprint density at radius 3 is 2.26 bits per heavy atom. The molecule has 3 rings (SSSR count). The van der Waals surface area contributed by atoms with Gasteiger partial charge >= 0.3 is 0 Å². The molecule has 1 saturated carbocycles. The van der Waals surface area contributed by atoms with Crippen molar-refractivity contribution in [2.24, 2.45) is 25.9 Å². The fraction of sp³-hybridized carbons (Fsp3) is 0.667. The van der Waals surface area contributed by atoms with E-state index in [9.17, 15) is 18.4 Å². The molecule has 1 N–H and O–H groups in total. The van der Waals surface area contributed by atoms with Crippen LogP contribution in [0.25, 0.3) is 0 Å². The van der Waals surface area contributed by atoms with Gasteiger partial charge in [0.05, 0.1) is 12.1 Å². The molecule has 0 saturated heterocycles. The van der Waals surface area contributed by atoms with Crippen molar-refractivity contribution in [1.29, 1.82) is 0 Å². The van der Waals surface area contributed by atoms with Crippen LogP contribution < -0.4 is 15.8 Å². The number of nitrogens with zero attached hydrogens (tertiary/aromatic N) is 3. The molecular formula is C30H45ClF2N4O2. The van der Waals surface area contributed by atoms with E-state index in [4.69, 9.17) is 11.6 Å². The van der Waals surface area contributed by atoms with Gasteiger partial charge in [0.1, 0.15) is 5.69 Å². The minimum atomic E-state index is -3.19. The summed E-state index contributed by atoms with van der Waals surface area (Å²) in [6.07, 6.45) is 6.62. The fourth-order valence-corrected chi connectivity index (χ4v) is 6.70. The average Bonchev–Trinajstić information content (AvgIpc) is 3.14. The Hall–Kier alpha value is -2.35. The minimum absolute atomic E-state index is 0.107. The molecule has 1 heterocycles. The Kier molecular flexibility index (Phi) is 10.3. The van der Waals surface area contributed by atoms with Gasteiger partial charge in [0.2, 0.25) is 0 Å². The highest BCUT2D eigenvalue weighted by Crippen LogP contribution is 2.38. The third-order valence-electron chi connectivity index (χ3n) is 8.97. The summed E-state index contributed by atoms with van der Waals surface area (Å²) in [6, 6.07) is 3.90. The molecule has 0 radical (unpaired) electrons. The average molecular weight is 567 g/mol. The minimum Gasteiger partial charge on any atom is -0.369 e. The van der Waals surface area contributed by atoms with E-state index < -0.39 is 23.8 Å². The molecule has 2 aromatic rings. The van der Waals surface area contributed by atoms with E-state index >= 15 is 0 Å². The first-order valence-electron chi connectivity index (χ1n) is 14.4. The number of halogens is 3. The van der Waals surface area contributed by atoms with E-state index in [2.05, 4.69) is 31.0 Å². The van der Waals surface area contributed by atoms with Crippen molar-refractivity contribution >= 4 is 23.2 Å². The Labute approximate surface area is 236 Å². The van der Waals surface area contributed by atoms with E-state index in [0.717, 1.165) is 51.8 Å². The highest BCUT2D eigenvalue weighted by molar-refractivity contribution is 6.31. The Balaban J connectivity index is 1.84. The number of nitrogens with one attached hydrogen (secondary N) is 1. The molecule has 1 fully saturated rings. The first-order valence-corrected chi connectivity index (χ1v) is 14.8. The van der Waals surface area contributed by atoms with Crippen molar-refractivity contribution in [3.8, 4) is 0 Å². The number of benzene rings is 1. The molecule has 39 heavy (non-hydrogen) atoms. The van der Waals surface area contributed by atoms with Crippen molar-refractivity contribution in [2.45, 2.75) is 98.1 Å². The lowest BCUT2D eigenvalue weighted by molar-refractivity contribution is -0.0182. The molecule has 0 aliphatic heterocycles. The maximum atomic E-state index is 14.7. The number of aromatic nitrogens is 2. The molecule has 0 atom stereocenters. The van der Waals surface area contributed by atoms with Gasteiger partial charge in [-0.15, -0.1) is 0 Å². The maximum absolute atomic E-state index is 14.7. The van der Waals surface area contributed by atoms with Crippen LogP contribution in [0.15, 0.2) is 16.9 Å². The Morgan fingerprint density at radius 1 is 1.10 bits per heavy atom. The lowest BCUT2D eigenvalue weighted by Gasteiger charge is -2.40. The van der Waals surface area contributed by atoms with Crippen LogP contribution in [0.4, 0.5) is 14.5 Å². The topological polar surface area (TPSA) is 59.3 Å². The molecule has 0 bridgehead atoms. The van der Waals surface area contributed by atoms with E-state index in [1.165, 1.54) is 46.7 Å². The summed E-state index contributed by atoms with van der Waals surface area (Å²) in [7, 11) is 2.87. The molecule has 218 valence electrons. The van der Waals surface area contributed by atoms with Crippen LogP contribution in [-0.4, -0.2) is 27.9 Å². The summed E-state index contributed by atoms with van der Waals surface area (Å²) < 4.78 is 31.7. The maximum Gasteiger partial charge on any atom is 0.289 e. The van der Waals surface area contributed by atoms with Gasteiger partial charge in [-0.25, -0.2) is 0 Å². The summed E-state index contributed by atoms with van der Waals surface area (Å²) in [4.78, 5) is 28.4. The van der Waals surface area contributed by atoms with Crippen molar-refractivity contribution in [3.05, 3.63) is 49.9 Å². The quantitative estimate of drug-likeness (QED) is 0.320. The van der Waals surface area contributed by atoms with Gasteiger partial charge < -0.3 is 10.2 Å². The van der Waals surface area contributed by atoms with Crippen molar-refractivity contribution < 1.29 is 13.6 Å². The molecule has 1 aliphatic rings. The fourth-order valence-electron chi connectivity index (χ4n) is 6.49. The van der Waals surface area contributed by atoms with Crippen molar-refractivity contribution in [2.75, 3.05) is 11.4 Å². The lowest BCUT2D eigenvalue weighted by Crippen LogP contribution is -2.39. The summed E-state index contributed by atoms with van der Waals surface area (Å²) in [5, 5.41) is 3.16. The van der Waals surface area contributed by atoms with Gasteiger partial charge in [-0.2, -0.15) is 8.78 Å². The van der Waals surface area contributed by atoms with Gasteiger partial charge in [0.15, 0.2) is 0 Å². The normalized spacial score (nSPS) is 18.0. The SMILES string of the molecule is CCC(CC)C1CCC(N(CC)c2cc(Cl)cc(C(=O)NCc3c(C(F)(F)CC)n(C)n(C)c3=O)c2C)CC1. The predicted molar refractivity (Wildman–Crippen MR) is 155 cm³/mol. The number of hydrogen-bond donors (Lipinski definition) is 1. The van der Waals surface area contributed by atoms with Crippen LogP contribution in [0, 0.1) is 18.8 Å². The largest absolute Gasteiger partial charge is 0.369 e. The molecule has 1 aromatic carbocycles. The van der Waals surface area contributed by atoms with E-state index in [1.807, 2.05) is 13.0 Å². The number of hydrogen-bond acceptors (Lipinski definition) is 3. The second kappa shape index (κ2) is 12.9. The summed E-state index contributed by atoms with van der Waals surface area (Å²) in [5.74, 6) is -2.08. The zero-order valence-electron chi connectivity index (χ0n) is 24.5. The van der Waals surface area contributed by atoms with Gasteiger partial charge in [0.25, 0.3) is 17.4 Å². The second-order valence-electron chi connectivity index (χ2n) is 10.9. The monoisotopic (exact) mass is 566 g/mol. The number of amides is 1. The number of carbonyl (C=O) groups excluding carboxylic acids is 1. The molecule has 1 aromatic heterocycles. The Morgan fingerprint density at radius 2 is 1.72 bits per heavy atom. The predicted octanol–water partition coefficient (Wildman–Crippen LogP) is 6.94. The van der Waals surface area contributed by atoms with E-state index in [0.29, 0.717) is 16.6 Å². The summed E-state index contributed by atoms with van der Waals surface area (Å²) in [6.45, 7) is 10.5. The zero-order chi connectivity index (χ0) is 29.1. The van der Waals surface area contributed by atoms with Crippen LogP contribution in [0.2, 0.25) is 5.02 Å².